The SMILES string of the molecule is CNCC(C)c1c(C)nc(Cc2ccccn2)nc1C. The van der Waals surface area contributed by atoms with Gasteiger partial charge in [0.25, 0.3) is 0 Å². The van der Waals surface area contributed by atoms with Gasteiger partial charge in [0, 0.05) is 29.8 Å². The molecule has 0 spiro atoms. The molecule has 2 heterocycles. The van der Waals surface area contributed by atoms with Crippen LogP contribution in [-0.2, 0) is 6.42 Å². The van der Waals surface area contributed by atoms with Crippen molar-refractivity contribution in [1.82, 2.24) is 20.3 Å². The van der Waals surface area contributed by atoms with Crippen LogP contribution in [0.5, 0.6) is 0 Å². The third-order valence-electron chi connectivity index (χ3n) is 3.44. The highest BCUT2D eigenvalue weighted by Gasteiger charge is 2.14. The van der Waals surface area contributed by atoms with E-state index in [2.05, 4.69) is 41.0 Å². The molecule has 1 unspecified atom stereocenters. The second-order valence-electron chi connectivity index (χ2n) is 5.18. The van der Waals surface area contributed by atoms with Crippen molar-refractivity contribution in [2.24, 2.45) is 0 Å². The Balaban J connectivity index is 2.26. The van der Waals surface area contributed by atoms with Crippen molar-refractivity contribution in [2.75, 3.05) is 13.6 Å². The fourth-order valence-corrected chi connectivity index (χ4v) is 2.66. The summed E-state index contributed by atoms with van der Waals surface area (Å²) in [5.74, 6) is 1.27. The molecule has 0 fully saturated rings. The van der Waals surface area contributed by atoms with Crippen molar-refractivity contribution < 1.29 is 0 Å². The Morgan fingerprint density at radius 3 is 2.40 bits per heavy atom. The van der Waals surface area contributed by atoms with E-state index in [1.165, 1.54) is 5.56 Å². The van der Waals surface area contributed by atoms with Gasteiger partial charge in [-0.25, -0.2) is 9.97 Å². The topological polar surface area (TPSA) is 50.7 Å². The molecule has 0 amide bonds. The Kier molecular flexibility index (Phi) is 4.79. The van der Waals surface area contributed by atoms with Crippen LogP contribution in [0.4, 0.5) is 0 Å². The predicted molar refractivity (Wildman–Crippen MR) is 80.9 cm³/mol. The molecule has 0 aliphatic heterocycles. The zero-order chi connectivity index (χ0) is 14.5. The van der Waals surface area contributed by atoms with Gasteiger partial charge in [0.1, 0.15) is 5.82 Å². The van der Waals surface area contributed by atoms with E-state index >= 15 is 0 Å². The zero-order valence-corrected chi connectivity index (χ0v) is 12.6. The van der Waals surface area contributed by atoms with Crippen LogP contribution in [0.2, 0.25) is 0 Å². The van der Waals surface area contributed by atoms with Gasteiger partial charge in [-0.15, -0.1) is 0 Å². The van der Waals surface area contributed by atoms with Gasteiger partial charge in [-0.1, -0.05) is 13.0 Å². The number of pyridine rings is 1. The normalized spacial score (nSPS) is 12.4. The number of hydrogen-bond acceptors (Lipinski definition) is 4. The Hall–Kier alpha value is -1.81. The first-order valence-electron chi connectivity index (χ1n) is 7.00. The standard InChI is InChI=1S/C16H22N4/c1-11(10-17-4)16-12(2)19-15(20-13(16)3)9-14-7-5-6-8-18-14/h5-8,11,17H,9-10H2,1-4H3. The summed E-state index contributed by atoms with van der Waals surface area (Å²) >= 11 is 0. The average molecular weight is 270 g/mol. The van der Waals surface area contributed by atoms with Crippen LogP contribution >= 0.6 is 0 Å². The van der Waals surface area contributed by atoms with Crippen LogP contribution in [0.25, 0.3) is 0 Å². The van der Waals surface area contributed by atoms with Crippen LogP contribution in [0.15, 0.2) is 24.4 Å². The van der Waals surface area contributed by atoms with Crippen molar-refractivity contribution in [2.45, 2.75) is 33.1 Å². The third kappa shape index (κ3) is 3.39. The largest absolute Gasteiger partial charge is 0.319 e. The summed E-state index contributed by atoms with van der Waals surface area (Å²) in [6, 6.07) is 5.92. The molecule has 1 atom stereocenters. The molecular weight excluding hydrogens is 248 g/mol. The van der Waals surface area contributed by atoms with Gasteiger partial charge in [0.05, 0.1) is 6.42 Å². The van der Waals surface area contributed by atoms with Crippen LogP contribution in [0.1, 0.15) is 41.3 Å². The van der Waals surface area contributed by atoms with Gasteiger partial charge < -0.3 is 5.32 Å². The van der Waals surface area contributed by atoms with Gasteiger partial charge in [0.2, 0.25) is 0 Å². The highest BCUT2D eigenvalue weighted by Crippen LogP contribution is 2.21. The van der Waals surface area contributed by atoms with E-state index in [0.29, 0.717) is 12.3 Å². The highest BCUT2D eigenvalue weighted by atomic mass is 14.9. The van der Waals surface area contributed by atoms with Crippen LogP contribution < -0.4 is 5.32 Å². The fraction of sp³-hybridized carbons (Fsp3) is 0.438. The minimum Gasteiger partial charge on any atom is -0.319 e. The van der Waals surface area contributed by atoms with Gasteiger partial charge in [-0.3, -0.25) is 4.98 Å². The van der Waals surface area contributed by atoms with Crippen LogP contribution in [0, 0.1) is 13.8 Å². The van der Waals surface area contributed by atoms with Gasteiger partial charge in [-0.05, 0) is 44.5 Å². The Morgan fingerprint density at radius 2 is 1.85 bits per heavy atom. The first-order chi connectivity index (χ1) is 9.61. The molecule has 0 radical (unpaired) electrons. The third-order valence-corrected chi connectivity index (χ3v) is 3.44. The second kappa shape index (κ2) is 6.57. The first kappa shape index (κ1) is 14.6. The summed E-state index contributed by atoms with van der Waals surface area (Å²) in [5.41, 5.74) is 4.41. The fourth-order valence-electron chi connectivity index (χ4n) is 2.66. The minimum absolute atomic E-state index is 0.420. The maximum atomic E-state index is 4.65. The number of nitrogens with one attached hydrogen (secondary N) is 1. The monoisotopic (exact) mass is 270 g/mol. The maximum Gasteiger partial charge on any atom is 0.134 e. The van der Waals surface area contributed by atoms with Gasteiger partial charge in [-0.2, -0.15) is 0 Å². The predicted octanol–water partition coefficient (Wildman–Crippen LogP) is 2.40. The van der Waals surface area contributed by atoms with Crippen LogP contribution in [-0.4, -0.2) is 28.5 Å². The molecule has 0 aliphatic rings. The molecule has 0 aliphatic carbocycles. The molecule has 106 valence electrons. The van der Waals surface area contributed by atoms with E-state index < -0.39 is 0 Å². The summed E-state index contributed by atoms with van der Waals surface area (Å²) in [6.07, 6.45) is 2.49. The number of aromatic nitrogens is 3. The van der Waals surface area contributed by atoms with Crippen molar-refractivity contribution >= 4 is 0 Å². The summed E-state index contributed by atoms with van der Waals surface area (Å²) in [6.45, 7) is 7.27. The lowest BCUT2D eigenvalue weighted by molar-refractivity contribution is 0.659. The number of rotatable bonds is 5. The number of nitrogens with zero attached hydrogens (tertiary/aromatic N) is 3. The molecule has 0 bridgehead atoms. The molecule has 2 aromatic rings. The van der Waals surface area contributed by atoms with Crippen molar-refractivity contribution in [1.29, 1.82) is 0 Å². The lowest BCUT2D eigenvalue weighted by atomic mass is 9.98. The molecular formula is C16H22N4. The Labute approximate surface area is 120 Å². The van der Waals surface area contributed by atoms with Crippen molar-refractivity contribution in [3.05, 3.63) is 52.9 Å². The van der Waals surface area contributed by atoms with Gasteiger partial charge in [0.15, 0.2) is 0 Å². The van der Waals surface area contributed by atoms with E-state index in [1.807, 2.05) is 25.2 Å². The van der Waals surface area contributed by atoms with E-state index in [-0.39, 0.29) is 0 Å². The number of aryl methyl sites for hydroxylation is 2. The summed E-state index contributed by atoms with van der Waals surface area (Å²) < 4.78 is 0. The summed E-state index contributed by atoms with van der Waals surface area (Å²) in [7, 11) is 1.97. The summed E-state index contributed by atoms with van der Waals surface area (Å²) in [4.78, 5) is 13.6. The van der Waals surface area contributed by atoms with Crippen molar-refractivity contribution in [3.8, 4) is 0 Å². The van der Waals surface area contributed by atoms with E-state index in [1.54, 1.807) is 6.20 Å². The van der Waals surface area contributed by atoms with E-state index in [4.69, 9.17) is 0 Å². The Morgan fingerprint density at radius 1 is 1.15 bits per heavy atom. The van der Waals surface area contributed by atoms with E-state index in [0.717, 1.165) is 29.5 Å². The van der Waals surface area contributed by atoms with Crippen LogP contribution in [0.3, 0.4) is 0 Å². The minimum atomic E-state index is 0.420. The lowest BCUT2D eigenvalue weighted by Gasteiger charge is -2.17. The molecule has 4 nitrogen and oxygen atoms in total. The molecule has 0 aromatic carbocycles. The summed E-state index contributed by atoms with van der Waals surface area (Å²) in [5, 5.41) is 3.21. The molecule has 20 heavy (non-hydrogen) atoms. The molecule has 0 saturated carbocycles. The van der Waals surface area contributed by atoms with E-state index in [9.17, 15) is 0 Å². The molecule has 2 rings (SSSR count). The smallest absolute Gasteiger partial charge is 0.134 e. The average Bonchev–Trinajstić information content (AvgIpc) is 2.39. The zero-order valence-electron chi connectivity index (χ0n) is 12.6. The highest BCUT2D eigenvalue weighted by molar-refractivity contribution is 5.29. The molecule has 2 aromatic heterocycles. The maximum absolute atomic E-state index is 4.65. The molecule has 0 saturated heterocycles. The number of likely N-dealkylation sites (N-methyl/N-ethyl adjacent to an activating group) is 1. The lowest BCUT2D eigenvalue weighted by Crippen LogP contribution is -2.18. The van der Waals surface area contributed by atoms with Crippen molar-refractivity contribution in [3.63, 3.8) is 0 Å². The molecule has 1 N–H and O–H groups in total. The van der Waals surface area contributed by atoms with Gasteiger partial charge >= 0.3 is 0 Å². The Bertz CT molecular complexity index is 543. The molecule has 4 heteroatoms. The first-order valence-corrected chi connectivity index (χ1v) is 7.00. The second-order valence-corrected chi connectivity index (χ2v) is 5.18. The number of hydrogen-bond donors (Lipinski definition) is 1. The quantitative estimate of drug-likeness (QED) is 0.906.